The Labute approximate surface area is 132 Å². The number of rotatable bonds is 8. The summed E-state index contributed by atoms with van der Waals surface area (Å²) >= 11 is 1.88. The van der Waals surface area contributed by atoms with Crippen LogP contribution in [0.5, 0.6) is 0 Å². The quantitative estimate of drug-likeness (QED) is 0.572. The van der Waals surface area contributed by atoms with Crippen molar-refractivity contribution in [3.63, 3.8) is 0 Å². The van der Waals surface area contributed by atoms with Gasteiger partial charge in [-0.25, -0.2) is 0 Å². The first-order valence-corrected chi connectivity index (χ1v) is 8.84. The van der Waals surface area contributed by atoms with Crippen LogP contribution >= 0.6 is 11.3 Å². The van der Waals surface area contributed by atoms with E-state index in [1.54, 1.807) is 0 Å². The molecule has 0 aliphatic heterocycles. The molecule has 1 saturated carbocycles. The van der Waals surface area contributed by atoms with Crippen molar-refractivity contribution in [3.05, 3.63) is 21.9 Å². The van der Waals surface area contributed by atoms with E-state index in [1.165, 1.54) is 22.6 Å². The summed E-state index contributed by atoms with van der Waals surface area (Å²) in [5, 5.41) is 6.80. The van der Waals surface area contributed by atoms with Crippen LogP contribution in [0.25, 0.3) is 0 Å². The number of aliphatic imine (C=N–C) groups is 1. The van der Waals surface area contributed by atoms with Gasteiger partial charge in [-0.1, -0.05) is 13.8 Å². The van der Waals surface area contributed by atoms with Gasteiger partial charge in [0.15, 0.2) is 5.96 Å². The molecule has 0 atom stereocenters. The van der Waals surface area contributed by atoms with E-state index in [9.17, 15) is 0 Å². The zero-order valence-electron chi connectivity index (χ0n) is 13.5. The Hall–Kier alpha value is -1.07. The Bertz CT molecular complexity index is 451. The van der Waals surface area contributed by atoms with Crippen LogP contribution in [0.3, 0.4) is 0 Å². The second-order valence-corrected chi connectivity index (χ2v) is 6.69. The third-order valence-corrected chi connectivity index (χ3v) is 5.11. The molecular formula is C16H28N4S. The summed E-state index contributed by atoms with van der Waals surface area (Å²) in [5.41, 5.74) is 0. The summed E-state index contributed by atoms with van der Waals surface area (Å²) in [6, 6.07) is 5.26. The third-order valence-electron chi connectivity index (χ3n) is 3.88. The van der Waals surface area contributed by atoms with Crippen LogP contribution in [-0.2, 0) is 13.0 Å². The van der Waals surface area contributed by atoms with Gasteiger partial charge in [0.1, 0.15) is 0 Å². The first-order valence-electron chi connectivity index (χ1n) is 8.03. The van der Waals surface area contributed by atoms with Crippen molar-refractivity contribution in [2.75, 3.05) is 26.7 Å². The van der Waals surface area contributed by atoms with Crippen molar-refractivity contribution in [1.29, 1.82) is 0 Å². The first-order chi connectivity index (χ1) is 10.3. The van der Waals surface area contributed by atoms with E-state index in [0.29, 0.717) is 0 Å². The second-order valence-electron chi connectivity index (χ2n) is 5.43. The van der Waals surface area contributed by atoms with Gasteiger partial charge in [0, 0.05) is 35.9 Å². The normalized spacial score (nSPS) is 15.5. The molecule has 21 heavy (non-hydrogen) atoms. The van der Waals surface area contributed by atoms with E-state index in [4.69, 9.17) is 0 Å². The lowest BCUT2D eigenvalue weighted by atomic mass is 10.3. The van der Waals surface area contributed by atoms with Crippen LogP contribution in [0.4, 0.5) is 0 Å². The van der Waals surface area contributed by atoms with Gasteiger partial charge in [-0.15, -0.1) is 11.3 Å². The Morgan fingerprint density at radius 3 is 2.62 bits per heavy atom. The summed E-state index contributed by atoms with van der Waals surface area (Å²) in [5.74, 6) is 0.897. The molecule has 0 amide bonds. The van der Waals surface area contributed by atoms with E-state index in [1.807, 2.05) is 18.4 Å². The van der Waals surface area contributed by atoms with Gasteiger partial charge in [0.2, 0.25) is 0 Å². The summed E-state index contributed by atoms with van der Waals surface area (Å²) in [4.78, 5) is 9.65. The molecule has 1 aromatic heterocycles. The van der Waals surface area contributed by atoms with Crippen molar-refractivity contribution in [2.24, 2.45) is 4.99 Å². The van der Waals surface area contributed by atoms with Crippen LogP contribution in [0.2, 0.25) is 0 Å². The minimum atomic E-state index is 0.838. The SMILES string of the molecule is CCc1ccc(CNC(=NC)NCCN(CC)C2CC2)s1. The molecule has 0 bridgehead atoms. The maximum absolute atomic E-state index is 4.29. The maximum atomic E-state index is 4.29. The van der Waals surface area contributed by atoms with E-state index in [0.717, 1.165) is 44.6 Å². The molecule has 1 aliphatic rings. The Morgan fingerprint density at radius 1 is 1.29 bits per heavy atom. The average Bonchev–Trinajstić information content (AvgIpc) is 3.25. The number of nitrogens with zero attached hydrogens (tertiary/aromatic N) is 2. The average molecular weight is 308 g/mol. The molecule has 1 aliphatic carbocycles. The smallest absolute Gasteiger partial charge is 0.191 e. The standard InChI is InChI=1S/C16H28N4S/c1-4-14-8-9-15(21-14)12-19-16(17-3)18-10-11-20(5-2)13-6-7-13/h8-9,13H,4-7,10-12H2,1-3H3,(H2,17,18,19). The highest BCUT2D eigenvalue weighted by Crippen LogP contribution is 2.25. The van der Waals surface area contributed by atoms with Crippen LogP contribution in [-0.4, -0.2) is 43.6 Å². The maximum Gasteiger partial charge on any atom is 0.191 e. The molecule has 2 rings (SSSR count). The highest BCUT2D eigenvalue weighted by molar-refractivity contribution is 7.11. The first kappa shape index (κ1) is 16.3. The molecule has 1 aromatic rings. The van der Waals surface area contributed by atoms with Gasteiger partial charge in [0.05, 0.1) is 6.54 Å². The van der Waals surface area contributed by atoms with Gasteiger partial charge >= 0.3 is 0 Å². The van der Waals surface area contributed by atoms with Crippen LogP contribution in [0.1, 0.15) is 36.4 Å². The molecule has 1 heterocycles. The molecule has 0 radical (unpaired) electrons. The lowest BCUT2D eigenvalue weighted by Gasteiger charge is -2.20. The summed E-state index contributed by atoms with van der Waals surface area (Å²) in [6.45, 7) is 8.49. The van der Waals surface area contributed by atoms with Crippen LogP contribution < -0.4 is 10.6 Å². The van der Waals surface area contributed by atoms with E-state index < -0.39 is 0 Å². The number of likely N-dealkylation sites (N-methyl/N-ethyl adjacent to an activating group) is 1. The molecule has 118 valence electrons. The predicted octanol–water partition coefficient (Wildman–Crippen LogP) is 2.46. The lowest BCUT2D eigenvalue weighted by Crippen LogP contribution is -2.41. The topological polar surface area (TPSA) is 39.7 Å². The molecule has 2 N–H and O–H groups in total. The monoisotopic (exact) mass is 308 g/mol. The van der Waals surface area contributed by atoms with Gasteiger partial charge in [0.25, 0.3) is 0 Å². The largest absolute Gasteiger partial charge is 0.355 e. The minimum absolute atomic E-state index is 0.838. The number of thiophene rings is 1. The van der Waals surface area contributed by atoms with Crippen molar-refractivity contribution in [3.8, 4) is 0 Å². The molecule has 0 aromatic carbocycles. The summed E-state index contributed by atoms with van der Waals surface area (Å²) < 4.78 is 0. The highest BCUT2D eigenvalue weighted by Gasteiger charge is 2.27. The number of hydrogen-bond acceptors (Lipinski definition) is 3. The van der Waals surface area contributed by atoms with E-state index in [2.05, 4.69) is 46.5 Å². The minimum Gasteiger partial charge on any atom is -0.355 e. The number of hydrogen-bond donors (Lipinski definition) is 2. The van der Waals surface area contributed by atoms with Crippen molar-refractivity contribution >= 4 is 17.3 Å². The Balaban J connectivity index is 1.68. The number of aryl methyl sites for hydroxylation is 1. The molecular weight excluding hydrogens is 280 g/mol. The molecule has 5 heteroatoms. The zero-order chi connectivity index (χ0) is 15.1. The van der Waals surface area contributed by atoms with E-state index >= 15 is 0 Å². The zero-order valence-corrected chi connectivity index (χ0v) is 14.3. The Kier molecular flexibility index (Phi) is 6.51. The molecule has 0 unspecified atom stereocenters. The van der Waals surface area contributed by atoms with E-state index in [-0.39, 0.29) is 0 Å². The number of nitrogens with one attached hydrogen (secondary N) is 2. The fraction of sp³-hybridized carbons (Fsp3) is 0.688. The van der Waals surface area contributed by atoms with Gasteiger partial charge in [-0.3, -0.25) is 9.89 Å². The predicted molar refractivity (Wildman–Crippen MR) is 92.2 cm³/mol. The second kappa shape index (κ2) is 8.39. The van der Waals surface area contributed by atoms with Gasteiger partial charge in [-0.05, 0) is 37.9 Å². The van der Waals surface area contributed by atoms with Crippen molar-refractivity contribution in [1.82, 2.24) is 15.5 Å². The summed E-state index contributed by atoms with van der Waals surface area (Å²) in [6.07, 6.45) is 3.86. The molecule has 4 nitrogen and oxygen atoms in total. The lowest BCUT2D eigenvalue weighted by molar-refractivity contribution is 0.282. The van der Waals surface area contributed by atoms with Crippen molar-refractivity contribution < 1.29 is 0 Å². The van der Waals surface area contributed by atoms with Gasteiger partial charge in [-0.2, -0.15) is 0 Å². The van der Waals surface area contributed by atoms with Gasteiger partial charge < -0.3 is 10.6 Å². The van der Waals surface area contributed by atoms with Crippen LogP contribution in [0, 0.1) is 0 Å². The third kappa shape index (κ3) is 5.32. The number of guanidine groups is 1. The fourth-order valence-corrected chi connectivity index (χ4v) is 3.35. The fourth-order valence-electron chi connectivity index (χ4n) is 2.46. The highest BCUT2D eigenvalue weighted by atomic mass is 32.1. The molecule has 0 spiro atoms. The van der Waals surface area contributed by atoms with Crippen LogP contribution in [0.15, 0.2) is 17.1 Å². The van der Waals surface area contributed by atoms with Crippen molar-refractivity contribution in [2.45, 2.75) is 45.7 Å². The molecule has 0 saturated heterocycles. The molecule has 1 fully saturated rings. The Morgan fingerprint density at radius 2 is 2.05 bits per heavy atom. The summed E-state index contributed by atoms with van der Waals surface area (Å²) in [7, 11) is 1.83.